The van der Waals surface area contributed by atoms with Gasteiger partial charge in [-0.3, -0.25) is 0 Å². The van der Waals surface area contributed by atoms with E-state index in [1.807, 2.05) is 17.8 Å². The van der Waals surface area contributed by atoms with Gasteiger partial charge in [0.2, 0.25) is 0 Å². The quantitative estimate of drug-likeness (QED) is 0.855. The maximum Gasteiger partial charge on any atom is 0.194 e. The highest BCUT2D eigenvalue weighted by molar-refractivity contribution is 5.22. The number of rotatable bonds is 5. The maximum atomic E-state index is 13.3. The Hall–Kier alpha value is -1.82. The van der Waals surface area contributed by atoms with E-state index in [0.29, 0.717) is 18.4 Å². The summed E-state index contributed by atoms with van der Waals surface area (Å²) in [5.74, 6) is -2.89. The molecule has 0 saturated carbocycles. The number of nitrogens with zero attached hydrogens (tertiary/aromatic N) is 2. The zero-order valence-corrected chi connectivity index (χ0v) is 11.3. The van der Waals surface area contributed by atoms with E-state index in [-0.39, 0.29) is 6.04 Å². The third-order valence-electron chi connectivity index (χ3n) is 3.33. The molecule has 1 heterocycles. The Labute approximate surface area is 115 Å². The maximum absolute atomic E-state index is 13.3. The zero-order chi connectivity index (χ0) is 14.7. The number of imidazole rings is 1. The fourth-order valence-electron chi connectivity index (χ4n) is 2.16. The van der Waals surface area contributed by atoms with Crippen LogP contribution in [0.4, 0.5) is 13.2 Å². The minimum atomic E-state index is -1.44. The topological polar surface area (TPSA) is 29.9 Å². The molecule has 1 N–H and O–H groups in total. The van der Waals surface area contributed by atoms with E-state index in [4.69, 9.17) is 0 Å². The summed E-state index contributed by atoms with van der Waals surface area (Å²) < 4.78 is 41.4. The molecular weight excluding hydrogens is 267 g/mol. The Morgan fingerprint density at radius 2 is 1.90 bits per heavy atom. The first-order valence-corrected chi connectivity index (χ1v) is 6.30. The highest BCUT2D eigenvalue weighted by atomic mass is 19.2. The van der Waals surface area contributed by atoms with Crippen LogP contribution in [0.5, 0.6) is 0 Å². The molecule has 20 heavy (non-hydrogen) atoms. The van der Waals surface area contributed by atoms with Crippen LogP contribution in [0.15, 0.2) is 24.5 Å². The van der Waals surface area contributed by atoms with Gasteiger partial charge in [-0.15, -0.1) is 0 Å². The van der Waals surface area contributed by atoms with Gasteiger partial charge in [-0.25, -0.2) is 18.2 Å². The third-order valence-corrected chi connectivity index (χ3v) is 3.33. The lowest BCUT2D eigenvalue weighted by Crippen LogP contribution is -2.18. The van der Waals surface area contributed by atoms with Crippen LogP contribution in [-0.2, 0) is 13.5 Å². The first kappa shape index (κ1) is 14.6. The van der Waals surface area contributed by atoms with E-state index < -0.39 is 17.5 Å². The fourth-order valence-corrected chi connectivity index (χ4v) is 2.16. The Bertz CT molecular complexity index is 572. The molecule has 0 fully saturated rings. The molecule has 2 aromatic rings. The lowest BCUT2D eigenvalue weighted by atomic mass is 10.0. The number of aryl methyl sites for hydroxylation is 2. The molecule has 0 aliphatic heterocycles. The van der Waals surface area contributed by atoms with Gasteiger partial charge in [0.25, 0.3) is 0 Å². The van der Waals surface area contributed by atoms with Crippen LogP contribution in [0.25, 0.3) is 0 Å². The number of nitrogens with one attached hydrogen (secondary N) is 1. The predicted octanol–water partition coefficient (Wildman–Crippen LogP) is 2.73. The van der Waals surface area contributed by atoms with Gasteiger partial charge in [0.15, 0.2) is 17.5 Å². The minimum Gasteiger partial charge on any atom is -0.338 e. The predicted molar refractivity (Wildman–Crippen MR) is 69.6 cm³/mol. The lowest BCUT2D eigenvalue weighted by Gasteiger charge is -2.17. The molecule has 0 aliphatic rings. The standard InChI is InChI=1S/C14H16F3N3/c1-18-12(3-4-13-19-5-6-20(13)2)9-7-10(15)14(17)11(16)8-9/h5-8,12,18H,3-4H2,1-2H3. The monoisotopic (exact) mass is 283 g/mol. The second-order valence-corrected chi connectivity index (χ2v) is 4.63. The SMILES string of the molecule is CNC(CCc1nccn1C)c1cc(F)c(F)c(F)c1. The highest BCUT2D eigenvalue weighted by Gasteiger charge is 2.16. The van der Waals surface area contributed by atoms with Gasteiger partial charge in [-0.2, -0.15) is 0 Å². The third kappa shape index (κ3) is 3.01. The minimum absolute atomic E-state index is 0.267. The van der Waals surface area contributed by atoms with E-state index >= 15 is 0 Å². The number of hydrogen-bond donors (Lipinski definition) is 1. The molecule has 0 spiro atoms. The van der Waals surface area contributed by atoms with Crippen LogP contribution < -0.4 is 5.32 Å². The van der Waals surface area contributed by atoms with Crippen LogP contribution in [0.3, 0.4) is 0 Å². The van der Waals surface area contributed by atoms with Crippen molar-refractivity contribution in [2.75, 3.05) is 7.05 Å². The molecule has 1 atom stereocenters. The average Bonchev–Trinajstić information content (AvgIpc) is 2.82. The van der Waals surface area contributed by atoms with Gasteiger partial charge in [-0.05, 0) is 31.2 Å². The molecule has 0 amide bonds. The zero-order valence-electron chi connectivity index (χ0n) is 11.3. The van der Waals surface area contributed by atoms with Crippen molar-refractivity contribution in [1.82, 2.24) is 14.9 Å². The molecular formula is C14H16F3N3. The second kappa shape index (κ2) is 6.09. The fraction of sp³-hybridized carbons (Fsp3) is 0.357. The van der Waals surface area contributed by atoms with Crippen LogP contribution in [0.1, 0.15) is 23.9 Å². The van der Waals surface area contributed by atoms with Crippen LogP contribution in [0, 0.1) is 17.5 Å². The van der Waals surface area contributed by atoms with Crippen molar-refractivity contribution in [2.45, 2.75) is 18.9 Å². The van der Waals surface area contributed by atoms with E-state index in [2.05, 4.69) is 10.3 Å². The van der Waals surface area contributed by atoms with E-state index in [0.717, 1.165) is 18.0 Å². The van der Waals surface area contributed by atoms with Crippen LogP contribution in [-0.4, -0.2) is 16.6 Å². The summed E-state index contributed by atoms with van der Waals surface area (Å²) in [6, 6.07) is 1.78. The second-order valence-electron chi connectivity index (χ2n) is 4.63. The largest absolute Gasteiger partial charge is 0.338 e. The summed E-state index contributed by atoms with van der Waals surface area (Å²) in [5.41, 5.74) is 0.387. The van der Waals surface area contributed by atoms with Gasteiger partial charge in [0.1, 0.15) is 5.82 Å². The Kier molecular flexibility index (Phi) is 4.44. The molecule has 1 aromatic carbocycles. The highest BCUT2D eigenvalue weighted by Crippen LogP contribution is 2.22. The average molecular weight is 283 g/mol. The molecule has 3 nitrogen and oxygen atoms in total. The first-order valence-electron chi connectivity index (χ1n) is 6.30. The van der Waals surface area contributed by atoms with Crippen molar-refractivity contribution in [1.29, 1.82) is 0 Å². The first-order chi connectivity index (χ1) is 9.52. The van der Waals surface area contributed by atoms with Crippen LogP contribution in [0.2, 0.25) is 0 Å². The van der Waals surface area contributed by atoms with Gasteiger partial charge in [-0.1, -0.05) is 0 Å². The van der Waals surface area contributed by atoms with Gasteiger partial charge < -0.3 is 9.88 Å². The summed E-state index contributed by atoms with van der Waals surface area (Å²) in [6.07, 6.45) is 4.78. The van der Waals surface area contributed by atoms with Crippen molar-refractivity contribution >= 4 is 0 Å². The molecule has 0 radical (unpaired) electrons. The summed E-state index contributed by atoms with van der Waals surface area (Å²) in [7, 11) is 3.58. The molecule has 1 aromatic heterocycles. The van der Waals surface area contributed by atoms with Gasteiger partial charge in [0.05, 0.1) is 0 Å². The Balaban J connectivity index is 2.14. The molecule has 0 bridgehead atoms. The molecule has 1 unspecified atom stereocenters. The molecule has 0 aliphatic carbocycles. The van der Waals surface area contributed by atoms with Crippen molar-refractivity contribution in [2.24, 2.45) is 7.05 Å². The number of halogens is 3. The molecule has 0 saturated heterocycles. The lowest BCUT2D eigenvalue weighted by molar-refractivity contribution is 0.439. The van der Waals surface area contributed by atoms with Crippen molar-refractivity contribution < 1.29 is 13.2 Å². The Morgan fingerprint density at radius 1 is 1.25 bits per heavy atom. The van der Waals surface area contributed by atoms with Gasteiger partial charge >= 0.3 is 0 Å². The smallest absolute Gasteiger partial charge is 0.194 e. The van der Waals surface area contributed by atoms with E-state index in [9.17, 15) is 13.2 Å². The van der Waals surface area contributed by atoms with Gasteiger partial charge in [0, 0.05) is 31.9 Å². The summed E-state index contributed by atoms with van der Waals surface area (Å²) in [6.45, 7) is 0. The number of hydrogen-bond acceptors (Lipinski definition) is 2. The van der Waals surface area contributed by atoms with Crippen molar-refractivity contribution in [3.8, 4) is 0 Å². The summed E-state index contributed by atoms with van der Waals surface area (Å²) >= 11 is 0. The summed E-state index contributed by atoms with van der Waals surface area (Å²) in [4.78, 5) is 4.19. The van der Waals surface area contributed by atoms with Crippen LogP contribution >= 0.6 is 0 Å². The van der Waals surface area contributed by atoms with Crippen molar-refractivity contribution in [3.63, 3.8) is 0 Å². The Morgan fingerprint density at radius 3 is 2.40 bits per heavy atom. The molecule has 2 rings (SSSR count). The van der Waals surface area contributed by atoms with E-state index in [1.165, 1.54) is 0 Å². The van der Waals surface area contributed by atoms with E-state index in [1.54, 1.807) is 13.2 Å². The molecule has 108 valence electrons. The molecule has 6 heteroatoms. The normalized spacial score (nSPS) is 12.7. The summed E-state index contributed by atoms with van der Waals surface area (Å²) in [5, 5.41) is 2.98. The number of benzene rings is 1. The van der Waals surface area contributed by atoms with Crippen molar-refractivity contribution in [3.05, 3.63) is 53.4 Å². The number of aromatic nitrogens is 2.